The third-order valence-corrected chi connectivity index (χ3v) is 3.21. The van der Waals surface area contributed by atoms with E-state index < -0.39 is 5.82 Å². The molecule has 0 amide bonds. The first-order valence-electron chi connectivity index (χ1n) is 6.38. The largest absolute Gasteiger partial charge is 0.437 e. The molecule has 1 aromatic heterocycles. The maximum Gasteiger partial charge on any atom is 0.238 e. The molecule has 20 heavy (non-hydrogen) atoms. The lowest BCUT2D eigenvalue weighted by atomic mass is 10.3. The average molecular weight is 294 g/mol. The molecular weight excluding hydrogens is 281 g/mol. The molecule has 0 saturated heterocycles. The van der Waals surface area contributed by atoms with Gasteiger partial charge in [-0.2, -0.15) is 0 Å². The Morgan fingerprint density at radius 2 is 2.20 bits per heavy atom. The number of ether oxygens (including phenoxy) is 1. The summed E-state index contributed by atoms with van der Waals surface area (Å²) in [5.74, 6) is 0.313. The minimum atomic E-state index is -0.479. The van der Waals surface area contributed by atoms with Gasteiger partial charge in [0.05, 0.1) is 16.9 Å². The fourth-order valence-corrected chi connectivity index (χ4v) is 1.89. The molecule has 4 nitrogen and oxygen atoms in total. The van der Waals surface area contributed by atoms with Crippen molar-refractivity contribution in [3.63, 3.8) is 0 Å². The summed E-state index contributed by atoms with van der Waals surface area (Å²) in [5, 5.41) is 3.37. The predicted molar refractivity (Wildman–Crippen MR) is 73.4 cm³/mol. The van der Waals surface area contributed by atoms with Crippen LogP contribution in [0.4, 0.5) is 4.39 Å². The fraction of sp³-hybridized carbons (Fsp3) is 0.286. The Kier molecular flexibility index (Phi) is 3.80. The van der Waals surface area contributed by atoms with Crippen molar-refractivity contribution in [1.82, 2.24) is 15.3 Å². The van der Waals surface area contributed by atoms with E-state index in [0.717, 1.165) is 5.69 Å². The van der Waals surface area contributed by atoms with E-state index in [1.165, 1.54) is 37.2 Å². The molecule has 0 spiro atoms. The van der Waals surface area contributed by atoms with Crippen molar-refractivity contribution in [3.05, 3.63) is 47.1 Å². The van der Waals surface area contributed by atoms with Crippen molar-refractivity contribution in [3.8, 4) is 11.6 Å². The Morgan fingerprint density at radius 1 is 1.35 bits per heavy atom. The van der Waals surface area contributed by atoms with E-state index in [4.69, 9.17) is 16.3 Å². The van der Waals surface area contributed by atoms with Gasteiger partial charge in [0.1, 0.15) is 11.6 Å². The van der Waals surface area contributed by atoms with Gasteiger partial charge in [-0.1, -0.05) is 11.6 Å². The molecule has 1 heterocycles. The second-order valence-electron chi connectivity index (χ2n) is 4.68. The van der Waals surface area contributed by atoms with E-state index in [1.807, 2.05) is 0 Å². The zero-order chi connectivity index (χ0) is 13.9. The van der Waals surface area contributed by atoms with E-state index in [9.17, 15) is 4.39 Å². The Hall–Kier alpha value is -1.72. The van der Waals surface area contributed by atoms with Crippen LogP contribution in [0.15, 0.2) is 30.6 Å². The third-order valence-electron chi connectivity index (χ3n) is 2.93. The average Bonchev–Trinajstić information content (AvgIpc) is 3.25. The smallest absolute Gasteiger partial charge is 0.238 e. The van der Waals surface area contributed by atoms with E-state index in [2.05, 4.69) is 15.3 Å². The molecule has 6 heteroatoms. The van der Waals surface area contributed by atoms with E-state index in [0.29, 0.717) is 24.2 Å². The molecule has 3 rings (SSSR count). The Bertz CT molecular complexity index is 619. The molecule has 1 aliphatic carbocycles. The molecule has 1 N–H and O–H groups in total. The maximum absolute atomic E-state index is 13.1. The zero-order valence-electron chi connectivity index (χ0n) is 10.6. The van der Waals surface area contributed by atoms with Crippen LogP contribution in [0, 0.1) is 5.82 Å². The normalized spacial score (nSPS) is 14.3. The van der Waals surface area contributed by atoms with Crippen LogP contribution in [-0.4, -0.2) is 16.0 Å². The quantitative estimate of drug-likeness (QED) is 0.919. The van der Waals surface area contributed by atoms with Gasteiger partial charge in [0, 0.05) is 24.8 Å². The van der Waals surface area contributed by atoms with Crippen molar-refractivity contribution in [1.29, 1.82) is 0 Å². The second-order valence-corrected chi connectivity index (χ2v) is 5.09. The van der Waals surface area contributed by atoms with Crippen molar-refractivity contribution < 1.29 is 9.13 Å². The molecular formula is C14H13ClFN3O. The molecule has 2 aromatic rings. The number of aromatic nitrogens is 2. The summed E-state index contributed by atoms with van der Waals surface area (Å²) in [6.45, 7) is 0.666. The Balaban J connectivity index is 1.69. The van der Waals surface area contributed by atoms with E-state index in [1.54, 1.807) is 6.20 Å². The lowest BCUT2D eigenvalue weighted by molar-refractivity contribution is 0.454. The molecule has 1 aromatic carbocycles. The van der Waals surface area contributed by atoms with Crippen molar-refractivity contribution in [2.24, 2.45) is 0 Å². The number of benzene rings is 1. The first kappa shape index (κ1) is 13.3. The summed E-state index contributed by atoms with van der Waals surface area (Å²) in [5.41, 5.74) is 0.808. The topological polar surface area (TPSA) is 47.0 Å². The predicted octanol–water partition coefficient (Wildman–Crippen LogP) is 3.31. The molecule has 0 radical (unpaired) electrons. The van der Waals surface area contributed by atoms with E-state index >= 15 is 0 Å². The van der Waals surface area contributed by atoms with Crippen LogP contribution in [-0.2, 0) is 6.54 Å². The van der Waals surface area contributed by atoms with Crippen LogP contribution >= 0.6 is 11.6 Å². The lowest BCUT2D eigenvalue weighted by Gasteiger charge is -2.07. The number of halogens is 2. The lowest BCUT2D eigenvalue weighted by Crippen LogP contribution is -2.16. The minimum Gasteiger partial charge on any atom is -0.437 e. The SMILES string of the molecule is Fc1ccc(Oc2cncc(CNC3CC3)n2)cc1Cl. The van der Waals surface area contributed by atoms with Gasteiger partial charge >= 0.3 is 0 Å². The maximum atomic E-state index is 13.1. The van der Waals surface area contributed by atoms with Gasteiger partial charge in [-0.25, -0.2) is 9.37 Å². The highest BCUT2D eigenvalue weighted by Crippen LogP contribution is 2.25. The van der Waals surface area contributed by atoms with Crippen LogP contribution < -0.4 is 10.1 Å². The molecule has 0 bridgehead atoms. The Labute approximate surface area is 121 Å². The van der Waals surface area contributed by atoms with Gasteiger partial charge in [0.15, 0.2) is 0 Å². The standard InChI is InChI=1S/C14H13ClFN3O/c15-12-5-11(3-4-13(12)16)20-14-8-17-6-10(19-14)7-18-9-1-2-9/h3-6,8-9,18H,1-2,7H2. The summed E-state index contributed by atoms with van der Waals surface area (Å²) in [6, 6.07) is 4.77. The monoisotopic (exact) mass is 293 g/mol. The van der Waals surface area contributed by atoms with Gasteiger partial charge in [0.25, 0.3) is 0 Å². The number of hydrogen-bond donors (Lipinski definition) is 1. The fourth-order valence-electron chi connectivity index (χ4n) is 1.72. The van der Waals surface area contributed by atoms with Crippen LogP contribution in [0.2, 0.25) is 5.02 Å². The zero-order valence-corrected chi connectivity index (χ0v) is 11.4. The second kappa shape index (κ2) is 5.73. The van der Waals surface area contributed by atoms with Crippen LogP contribution in [0.25, 0.3) is 0 Å². The Morgan fingerprint density at radius 3 is 2.95 bits per heavy atom. The molecule has 1 aliphatic rings. The molecule has 1 fully saturated rings. The number of rotatable bonds is 5. The van der Waals surface area contributed by atoms with Gasteiger partial charge < -0.3 is 10.1 Å². The first-order chi connectivity index (χ1) is 9.70. The molecule has 0 aliphatic heterocycles. The molecule has 0 atom stereocenters. The number of nitrogens with one attached hydrogen (secondary N) is 1. The summed E-state index contributed by atoms with van der Waals surface area (Å²) in [4.78, 5) is 8.42. The minimum absolute atomic E-state index is 0.0158. The third kappa shape index (κ3) is 3.43. The summed E-state index contributed by atoms with van der Waals surface area (Å²) < 4.78 is 18.6. The van der Waals surface area contributed by atoms with Crippen molar-refractivity contribution in [2.75, 3.05) is 0 Å². The van der Waals surface area contributed by atoms with Crippen LogP contribution in [0.5, 0.6) is 11.6 Å². The highest BCUT2D eigenvalue weighted by molar-refractivity contribution is 6.30. The summed E-state index contributed by atoms with van der Waals surface area (Å²) in [7, 11) is 0. The molecule has 1 saturated carbocycles. The van der Waals surface area contributed by atoms with Crippen molar-refractivity contribution in [2.45, 2.75) is 25.4 Å². The van der Waals surface area contributed by atoms with Crippen LogP contribution in [0.1, 0.15) is 18.5 Å². The van der Waals surface area contributed by atoms with E-state index in [-0.39, 0.29) is 5.02 Å². The summed E-state index contributed by atoms with van der Waals surface area (Å²) in [6.07, 6.45) is 5.65. The van der Waals surface area contributed by atoms with Gasteiger partial charge in [-0.05, 0) is 25.0 Å². The van der Waals surface area contributed by atoms with Gasteiger partial charge in [0.2, 0.25) is 5.88 Å². The first-order valence-corrected chi connectivity index (χ1v) is 6.76. The number of nitrogens with zero attached hydrogens (tertiary/aromatic N) is 2. The van der Waals surface area contributed by atoms with Gasteiger partial charge in [-0.3, -0.25) is 4.98 Å². The van der Waals surface area contributed by atoms with Crippen molar-refractivity contribution >= 4 is 11.6 Å². The molecule has 0 unspecified atom stereocenters. The highest BCUT2D eigenvalue weighted by Gasteiger charge is 2.20. The summed E-state index contributed by atoms with van der Waals surface area (Å²) >= 11 is 5.70. The van der Waals surface area contributed by atoms with Crippen LogP contribution in [0.3, 0.4) is 0 Å². The van der Waals surface area contributed by atoms with Gasteiger partial charge in [-0.15, -0.1) is 0 Å². The highest BCUT2D eigenvalue weighted by atomic mass is 35.5. The number of hydrogen-bond acceptors (Lipinski definition) is 4. The molecule has 104 valence electrons.